The van der Waals surface area contributed by atoms with Gasteiger partial charge < -0.3 is 0 Å². The highest BCUT2D eigenvalue weighted by atomic mass is 35.5. The predicted octanol–water partition coefficient (Wildman–Crippen LogP) is 4.13. The molecule has 0 spiro atoms. The summed E-state index contributed by atoms with van der Waals surface area (Å²) >= 11 is 11.8. The van der Waals surface area contributed by atoms with Crippen LogP contribution >= 0.6 is 23.2 Å². The zero-order valence-corrected chi connectivity index (χ0v) is 11.9. The van der Waals surface area contributed by atoms with E-state index in [1.807, 2.05) is 12.1 Å². The molecule has 1 aliphatic rings. The Hall–Kier alpha value is -1.84. The number of nitrogens with zero attached hydrogens (tertiary/aromatic N) is 2. The van der Waals surface area contributed by atoms with E-state index >= 15 is 0 Å². The summed E-state index contributed by atoms with van der Waals surface area (Å²) in [6, 6.07) is 14.4. The first-order valence-electron chi connectivity index (χ1n) is 6.05. The van der Waals surface area contributed by atoms with Crippen molar-refractivity contribution >= 4 is 40.5 Å². The molecule has 3 rings (SSSR count). The van der Waals surface area contributed by atoms with Crippen LogP contribution < -0.4 is 5.01 Å². The molecule has 2 aromatic carbocycles. The van der Waals surface area contributed by atoms with E-state index in [4.69, 9.17) is 23.2 Å². The fourth-order valence-corrected chi connectivity index (χ4v) is 2.35. The normalized spacial score (nSPS) is 14.6. The Labute approximate surface area is 126 Å². The molecule has 1 amide bonds. The number of hydrogen-bond donors (Lipinski definition) is 0. The van der Waals surface area contributed by atoms with Crippen molar-refractivity contribution in [2.24, 2.45) is 5.10 Å². The monoisotopic (exact) mass is 304 g/mol. The third-order valence-electron chi connectivity index (χ3n) is 3.01. The molecule has 1 aliphatic heterocycles. The molecule has 2 aromatic rings. The lowest BCUT2D eigenvalue weighted by atomic mass is 10.1. The summed E-state index contributed by atoms with van der Waals surface area (Å²) in [4.78, 5) is 12.1. The minimum absolute atomic E-state index is 0.0720. The van der Waals surface area contributed by atoms with Gasteiger partial charge in [0.05, 0.1) is 17.8 Å². The molecular formula is C15H10Cl2N2O. The SMILES string of the molecule is O=C1CC(c2ccc(Cl)cc2)=NN1c1cccc(Cl)c1. The van der Waals surface area contributed by atoms with E-state index in [-0.39, 0.29) is 12.3 Å². The van der Waals surface area contributed by atoms with Crippen LogP contribution in [-0.2, 0) is 4.79 Å². The van der Waals surface area contributed by atoms with Gasteiger partial charge in [0.25, 0.3) is 5.91 Å². The maximum absolute atomic E-state index is 12.1. The molecule has 20 heavy (non-hydrogen) atoms. The quantitative estimate of drug-likeness (QED) is 0.821. The van der Waals surface area contributed by atoms with Crippen LogP contribution in [-0.4, -0.2) is 11.6 Å². The van der Waals surface area contributed by atoms with Crippen LogP contribution in [0.25, 0.3) is 0 Å². The Morgan fingerprint density at radius 2 is 1.75 bits per heavy atom. The van der Waals surface area contributed by atoms with Crippen LogP contribution in [0, 0.1) is 0 Å². The van der Waals surface area contributed by atoms with Crippen molar-refractivity contribution < 1.29 is 4.79 Å². The van der Waals surface area contributed by atoms with Crippen LogP contribution in [0.4, 0.5) is 5.69 Å². The highest BCUT2D eigenvalue weighted by molar-refractivity contribution is 6.31. The van der Waals surface area contributed by atoms with Crippen LogP contribution in [0.3, 0.4) is 0 Å². The minimum Gasteiger partial charge on any atom is -0.272 e. The molecule has 0 aromatic heterocycles. The van der Waals surface area contributed by atoms with E-state index in [1.165, 1.54) is 5.01 Å². The number of hydrazone groups is 1. The lowest BCUT2D eigenvalue weighted by Gasteiger charge is -2.11. The van der Waals surface area contributed by atoms with Crippen molar-refractivity contribution in [1.82, 2.24) is 0 Å². The highest BCUT2D eigenvalue weighted by Crippen LogP contribution is 2.25. The molecular weight excluding hydrogens is 295 g/mol. The first kappa shape index (κ1) is 13.2. The van der Waals surface area contributed by atoms with Crippen molar-refractivity contribution in [2.75, 3.05) is 5.01 Å². The molecule has 0 radical (unpaired) electrons. The van der Waals surface area contributed by atoms with Gasteiger partial charge >= 0.3 is 0 Å². The number of anilines is 1. The van der Waals surface area contributed by atoms with E-state index in [0.717, 1.165) is 11.3 Å². The van der Waals surface area contributed by atoms with Crippen LogP contribution in [0.15, 0.2) is 53.6 Å². The van der Waals surface area contributed by atoms with Gasteiger partial charge in [0, 0.05) is 10.0 Å². The zero-order chi connectivity index (χ0) is 14.1. The van der Waals surface area contributed by atoms with Crippen LogP contribution in [0.1, 0.15) is 12.0 Å². The number of carbonyl (C=O) groups is 1. The number of amides is 1. The molecule has 0 bridgehead atoms. The van der Waals surface area contributed by atoms with Gasteiger partial charge in [0.2, 0.25) is 0 Å². The first-order chi connectivity index (χ1) is 9.63. The average molecular weight is 305 g/mol. The Bertz CT molecular complexity index is 695. The Morgan fingerprint density at radius 3 is 2.45 bits per heavy atom. The van der Waals surface area contributed by atoms with E-state index in [2.05, 4.69) is 5.10 Å². The summed E-state index contributed by atoms with van der Waals surface area (Å²) in [5, 5.41) is 7.00. The summed E-state index contributed by atoms with van der Waals surface area (Å²) in [5.41, 5.74) is 2.30. The third-order valence-corrected chi connectivity index (χ3v) is 3.49. The summed E-state index contributed by atoms with van der Waals surface area (Å²) in [6.07, 6.45) is 0.272. The maximum atomic E-state index is 12.1. The summed E-state index contributed by atoms with van der Waals surface area (Å²) in [7, 11) is 0. The topological polar surface area (TPSA) is 32.7 Å². The lowest BCUT2D eigenvalue weighted by Crippen LogP contribution is -2.19. The average Bonchev–Trinajstić information content (AvgIpc) is 2.82. The minimum atomic E-state index is -0.0720. The second-order valence-electron chi connectivity index (χ2n) is 4.42. The van der Waals surface area contributed by atoms with Gasteiger partial charge in [-0.15, -0.1) is 0 Å². The largest absolute Gasteiger partial charge is 0.272 e. The van der Waals surface area contributed by atoms with Crippen molar-refractivity contribution in [1.29, 1.82) is 0 Å². The second kappa shape index (κ2) is 5.27. The molecule has 0 fully saturated rings. The zero-order valence-electron chi connectivity index (χ0n) is 10.4. The van der Waals surface area contributed by atoms with E-state index < -0.39 is 0 Å². The lowest BCUT2D eigenvalue weighted by molar-refractivity contribution is -0.116. The van der Waals surface area contributed by atoms with Gasteiger partial charge in [0.1, 0.15) is 0 Å². The molecule has 0 saturated carbocycles. The molecule has 1 heterocycles. The van der Waals surface area contributed by atoms with Crippen LogP contribution in [0.2, 0.25) is 10.0 Å². The van der Waals surface area contributed by atoms with Crippen molar-refractivity contribution in [3.05, 3.63) is 64.1 Å². The van der Waals surface area contributed by atoms with Gasteiger partial charge in [-0.25, -0.2) is 5.01 Å². The van der Waals surface area contributed by atoms with Crippen molar-refractivity contribution in [3.8, 4) is 0 Å². The Morgan fingerprint density at radius 1 is 1.00 bits per heavy atom. The third kappa shape index (κ3) is 2.55. The van der Waals surface area contributed by atoms with Gasteiger partial charge in [0.15, 0.2) is 0 Å². The Kier molecular flexibility index (Phi) is 3.47. The van der Waals surface area contributed by atoms with E-state index in [0.29, 0.717) is 15.7 Å². The number of carbonyl (C=O) groups excluding carboxylic acids is 1. The van der Waals surface area contributed by atoms with Gasteiger partial charge in [-0.2, -0.15) is 5.10 Å². The smallest absolute Gasteiger partial charge is 0.253 e. The molecule has 3 nitrogen and oxygen atoms in total. The summed E-state index contributed by atoms with van der Waals surface area (Å²) < 4.78 is 0. The number of hydrogen-bond acceptors (Lipinski definition) is 2. The molecule has 0 unspecified atom stereocenters. The first-order valence-corrected chi connectivity index (χ1v) is 6.81. The van der Waals surface area contributed by atoms with E-state index in [1.54, 1.807) is 36.4 Å². The van der Waals surface area contributed by atoms with Gasteiger partial charge in [-0.3, -0.25) is 4.79 Å². The number of halogens is 2. The fraction of sp³-hybridized carbons (Fsp3) is 0.0667. The standard InChI is InChI=1S/C15H10Cl2N2O/c16-11-6-4-10(5-7-11)14-9-15(20)19(18-14)13-3-1-2-12(17)8-13/h1-8H,9H2. The number of rotatable bonds is 2. The summed E-state index contributed by atoms with van der Waals surface area (Å²) in [6.45, 7) is 0. The fourth-order valence-electron chi connectivity index (χ4n) is 2.04. The molecule has 100 valence electrons. The summed E-state index contributed by atoms with van der Waals surface area (Å²) in [5.74, 6) is -0.0720. The molecule has 0 saturated heterocycles. The van der Waals surface area contributed by atoms with E-state index in [9.17, 15) is 4.79 Å². The maximum Gasteiger partial charge on any atom is 0.253 e. The van der Waals surface area contributed by atoms with Gasteiger partial charge in [-0.1, -0.05) is 41.4 Å². The predicted molar refractivity (Wildman–Crippen MR) is 81.5 cm³/mol. The van der Waals surface area contributed by atoms with Crippen molar-refractivity contribution in [3.63, 3.8) is 0 Å². The van der Waals surface area contributed by atoms with Gasteiger partial charge in [-0.05, 0) is 35.9 Å². The molecule has 0 atom stereocenters. The van der Waals surface area contributed by atoms with Crippen LogP contribution in [0.5, 0.6) is 0 Å². The molecule has 0 N–H and O–H groups in total. The highest BCUT2D eigenvalue weighted by Gasteiger charge is 2.26. The van der Waals surface area contributed by atoms with Crippen molar-refractivity contribution in [2.45, 2.75) is 6.42 Å². The Balaban J connectivity index is 1.94. The molecule has 5 heteroatoms. The molecule has 0 aliphatic carbocycles. The second-order valence-corrected chi connectivity index (χ2v) is 5.29. The number of benzene rings is 2.